The van der Waals surface area contributed by atoms with Crippen LogP contribution in [0, 0.1) is 6.92 Å². The number of pyridine rings is 1. The Hall–Kier alpha value is -2.88. The minimum absolute atomic E-state index is 0.127. The van der Waals surface area contributed by atoms with Gasteiger partial charge in [-0.1, -0.05) is 31.5 Å². The Labute approximate surface area is 179 Å². The van der Waals surface area contributed by atoms with Crippen LogP contribution in [0.4, 0.5) is 18.9 Å². The minimum atomic E-state index is -4.56. The lowest BCUT2D eigenvalue weighted by molar-refractivity contribution is -0.141. The molecule has 0 radical (unpaired) electrons. The Kier molecular flexibility index (Phi) is 7.48. The van der Waals surface area contributed by atoms with Crippen LogP contribution >= 0.6 is 0 Å². The molecule has 0 aliphatic carbocycles. The predicted octanol–water partition coefficient (Wildman–Crippen LogP) is 3.84. The normalized spacial score (nSPS) is 12.6. The fraction of sp³-hybridized carbons (Fsp3) is 0.333. The second-order valence-corrected chi connectivity index (χ2v) is 8.96. The molecule has 0 unspecified atom stereocenters. The van der Waals surface area contributed by atoms with Gasteiger partial charge in [-0.3, -0.25) is 9.52 Å². The molecule has 2 aromatic rings. The summed E-state index contributed by atoms with van der Waals surface area (Å²) in [7, 11) is -3.44. The molecule has 1 heterocycles. The molecule has 3 N–H and O–H groups in total. The van der Waals surface area contributed by atoms with Gasteiger partial charge in [-0.15, -0.1) is 0 Å². The van der Waals surface area contributed by atoms with Gasteiger partial charge in [0.2, 0.25) is 15.9 Å². The van der Waals surface area contributed by atoms with Crippen molar-refractivity contribution in [3.63, 3.8) is 0 Å². The second-order valence-electron chi connectivity index (χ2n) is 7.21. The zero-order chi connectivity index (χ0) is 23.4. The predicted molar refractivity (Wildman–Crippen MR) is 114 cm³/mol. The van der Waals surface area contributed by atoms with Gasteiger partial charge < -0.3 is 5.73 Å². The smallest absolute Gasteiger partial charge is 0.366 e. The molecular formula is C21H24F3N3O3S. The van der Waals surface area contributed by atoms with Crippen LogP contribution in [0.25, 0.3) is 6.08 Å². The van der Waals surface area contributed by atoms with Crippen LogP contribution in [0.1, 0.15) is 41.4 Å². The largest absolute Gasteiger partial charge is 0.433 e. The van der Waals surface area contributed by atoms with Crippen LogP contribution in [0.3, 0.4) is 0 Å². The molecule has 10 heteroatoms. The fourth-order valence-electron chi connectivity index (χ4n) is 3.01. The van der Waals surface area contributed by atoms with Crippen LogP contribution in [0.2, 0.25) is 0 Å². The summed E-state index contributed by atoms with van der Waals surface area (Å²) in [4.78, 5) is 15.7. The van der Waals surface area contributed by atoms with E-state index in [0.29, 0.717) is 35.2 Å². The molecule has 0 bridgehead atoms. The van der Waals surface area contributed by atoms with E-state index in [9.17, 15) is 26.4 Å². The van der Waals surface area contributed by atoms with Gasteiger partial charge in [-0.25, -0.2) is 13.4 Å². The number of alkyl halides is 3. The zero-order valence-electron chi connectivity index (χ0n) is 17.4. The Balaban J connectivity index is 2.41. The summed E-state index contributed by atoms with van der Waals surface area (Å²) in [6.45, 7) is 3.53. The molecule has 0 spiro atoms. The lowest BCUT2D eigenvalue weighted by Crippen LogP contribution is -2.16. The number of halogens is 3. The van der Waals surface area contributed by atoms with Gasteiger partial charge in [0, 0.05) is 17.7 Å². The molecule has 0 aliphatic rings. The van der Waals surface area contributed by atoms with E-state index in [4.69, 9.17) is 5.73 Å². The lowest BCUT2D eigenvalue weighted by atomic mass is 9.98. The molecule has 31 heavy (non-hydrogen) atoms. The summed E-state index contributed by atoms with van der Waals surface area (Å²) in [6.07, 6.45) is -1.04. The van der Waals surface area contributed by atoms with Crippen LogP contribution in [0.5, 0.6) is 0 Å². The number of carbonyl (C=O) groups excluding carboxylic acids is 1. The van der Waals surface area contributed by atoms with Crippen molar-refractivity contribution < 1.29 is 26.4 Å². The average molecular weight is 456 g/mol. The highest BCUT2D eigenvalue weighted by Gasteiger charge is 2.32. The molecule has 0 saturated carbocycles. The Bertz CT molecular complexity index is 1110. The molecule has 0 aliphatic heterocycles. The van der Waals surface area contributed by atoms with E-state index in [1.165, 1.54) is 12.1 Å². The summed E-state index contributed by atoms with van der Waals surface area (Å²) >= 11 is 0. The summed E-state index contributed by atoms with van der Waals surface area (Å²) in [6, 6.07) is 7.09. The van der Waals surface area contributed by atoms with Crippen molar-refractivity contribution in [1.82, 2.24) is 4.98 Å². The third-order valence-corrected chi connectivity index (χ3v) is 5.00. The lowest BCUT2D eigenvalue weighted by Gasteiger charge is -2.12. The molecule has 0 atom stereocenters. The van der Waals surface area contributed by atoms with Gasteiger partial charge >= 0.3 is 6.18 Å². The van der Waals surface area contributed by atoms with E-state index in [1.54, 1.807) is 25.1 Å². The molecule has 1 aromatic carbocycles. The highest BCUT2D eigenvalue weighted by molar-refractivity contribution is 7.92. The van der Waals surface area contributed by atoms with E-state index in [1.807, 2.05) is 6.92 Å². The second kappa shape index (κ2) is 9.51. The number of aromatic nitrogens is 1. The number of hydrogen-bond acceptors (Lipinski definition) is 4. The monoisotopic (exact) mass is 455 g/mol. The van der Waals surface area contributed by atoms with E-state index in [0.717, 1.165) is 12.3 Å². The molecular weight excluding hydrogens is 431 g/mol. The van der Waals surface area contributed by atoms with Crippen molar-refractivity contribution in [3.05, 3.63) is 64.0 Å². The van der Waals surface area contributed by atoms with Gasteiger partial charge in [0.15, 0.2) is 0 Å². The zero-order valence-corrected chi connectivity index (χ0v) is 18.2. The summed E-state index contributed by atoms with van der Waals surface area (Å²) in [5.41, 5.74) is 7.10. The van der Waals surface area contributed by atoms with E-state index in [-0.39, 0.29) is 17.7 Å². The quantitative estimate of drug-likeness (QED) is 0.591. The number of rotatable bonds is 8. The molecule has 6 nitrogen and oxygen atoms in total. The topological polar surface area (TPSA) is 102 Å². The van der Waals surface area contributed by atoms with Gasteiger partial charge in [-0.2, -0.15) is 13.2 Å². The highest BCUT2D eigenvalue weighted by Crippen LogP contribution is 2.29. The van der Waals surface area contributed by atoms with E-state index >= 15 is 0 Å². The average Bonchev–Trinajstić information content (AvgIpc) is 2.63. The number of amides is 1. The Morgan fingerprint density at radius 3 is 2.42 bits per heavy atom. The maximum Gasteiger partial charge on any atom is 0.433 e. The number of primary amides is 1. The minimum Gasteiger partial charge on any atom is -0.366 e. The summed E-state index contributed by atoms with van der Waals surface area (Å²) in [5.74, 6) is -0.710. The fourth-order valence-corrected chi connectivity index (χ4v) is 3.63. The van der Waals surface area contributed by atoms with Crippen LogP contribution in [-0.2, 0) is 33.8 Å². The van der Waals surface area contributed by atoms with Crippen molar-refractivity contribution in [1.29, 1.82) is 0 Å². The number of anilines is 1. The number of nitrogens with zero attached hydrogens (tertiary/aromatic N) is 1. The van der Waals surface area contributed by atoms with Crippen LogP contribution in [0.15, 0.2) is 35.9 Å². The number of sulfonamides is 1. The molecule has 2 rings (SSSR count). The summed E-state index contributed by atoms with van der Waals surface area (Å²) in [5, 5.41) is 0. The third-order valence-electron chi connectivity index (χ3n) is 4.41. The first-order chi connectivity index (χ1) is 14.3. The Morgan fingerprint density at radius 2 is 1.90 bits per heavy atom. The maximum absolute atomic E-state index is 13.0. The first-order valence-corrected chi connectivity index (χ1v) is 11.3. The van der Waals surface area contributed by atoms with Crippen LogP contribution in [-0.4, -0.2) is 25.6 Å². The number of carbonyl (C=O) groups is 1. The van der Waals surface area contributed by atoms with Gasteiger partial charge in [-0.05, 0) is 48.2 Å². The number of nitrogens with two attached hydrogens (primary N) is 1. The first-order valence-electron chi connectivity index (χ1n) is 9.45. The summed E-state index contributed by atoms with van der Waals surface area (Å²) < 4.78 is 64.2. The molecule has 1 amide bonds. The van der Waals surface area contributed by atoms with Crippen molar-refractivity contribution >= 4 is 27.7 Å². The number of aryl methyl sites for hydroxylation is 2. The van der Waals surface area contributed by atoms with Gasteiger partial charge in [0.1, 0.15) is 5.69 Å². The van der Waals surface area contributed by atoms with E-state index in [2.05, 4.69) is 9.71 Å². The van der Waals surface area contributed by atoms with Crippen molar-refractivity contribution in [2.75, 3.05) is 11.0 Å². The number of hydrogen-bond donors (Lipinski definition) is 2. The molecule has 1 aromatic heterocycles. The number of benzene rings is 1. The highest BCUT2D eigenvalue weighted by atomic mass is 32.2. The Morgan fingerprint density at radius 1 is 1.23 bits per heavy atom. The van der Waals surface area contributed by atoms with E-state index < -0.39 is 27.8 Å². The molecule has 0 fully saturated rings. The SMILES string of the molecule is CCCc1nc(C(F)(F)F)ccc1C=C(Cc1ccc(NS(C)(=O)=O)c(C)c1)C(N)=O. The first kappa shape index (κ1) is 24.4. The third kappa shape index (κ3) is 7.09. The molecule has 168 valence electrons. The maximum atomic E-state index is 13.0. The van der Waals surface area contributed by atoms with Crippen molar-refractivity contribution in [2.24, 2.45) is 5.73 Å². The number of nitrogens with one attached hydrogen (secondary N) is 1. The van der Waals surface area contributed by atoms with Gasteiger partial charge in [0.05, 0.1) is 11.9 Å². The van der Waals surface area contributed by atoms with Crippen molar-refractivity contribution in [2.45, 2.75) is 39.3 Å². The van der Waals surface area contributed by atoms with Crippen molar-refractivity contribution in [3.8, 4) is 0 Å². The van der Waals surface area contributed by atoms with Gasteiger partial charge in [0.25, 0.3) is 0 Å². The molecule has 0 saturated heterocycles. The van der Waals surface area contributed by atoms with Crippen LogP contribution < -0.4 is 10.5 Å². The standard InChI is InChI=1S/C21H24F3N3O3S/c1-4-5-18-15(7-9-19(26-18)21(22,23)24)12-16(20(25)28)11-14-6-8-17(13(2)10-14)27-31(3,29)30/h6-10,12,27H,4-5,11H2,1-3H3,(H2,25,28).